The summed E-state index contributed by atoms with van der Waals surface area (Å²) in [6.07, 6.45) is 0. The van der Waals surface area contributed by atoms with Crippen LogP contribution in [0.2, 0.25) is 0 Å². The molecule has 0 radical (unpaired) electrons. The van der Waals surface area contributed by atoms with Gasteiger partial charge >= 0.3 is 0 Å². The van der Waals surface area contributed by atoms with E-state index in [0.29, 0.717) is 0 Å². The number of benzene rings is 4. The first-order valence-electron chi connectivity index (χ1n) is 8.09. The molecule has 0 saturated heterocycles. The Morgan fingerprint density at radius 1 is 0.560 bits per heavy atom. The van der Waals surface area contributed by atoms with Crippen LogP contribution in [0.1, 0.15) is 0 Å². The Hall–Kier alpha value is -2.10. The van der Waals surface area contributed by atoms with Crippen LogP contribution >= 0.6 is 31.9 Å². The van der Waals surface area contributed by atoms with Gasteiger partial charge in [0.25, 0.3) is 0 Å². The van der Waals surface area contributed by atoms with Crippen molar-refractivity contribution >= 4 is 64.3 Å². The Bertz CT molecular complexity index is 1170. The van der Waals surface area contributed by atoms with Crippen molar-refractivity contribution in [3.8, 4) is 11.3 Å². The lowest BCUT2D eigenvalue weighted by molar-refractivity contribution is 1.46. The minimum Gasteiger partial charge on any atom is -0.354 e. The second kappa shape index (κ2) is 5.72. The number of aromatic nitrogens is 1. The van der Waals surface area contributed by atoms with Gasteiger partial charge in [0.05, 0.1) is 5.52 Å². The summed E-state index contributed by atoms with van der Waals surface area (Å²) in [5, 5.41) is 6.28. The SMILES string of the molecule is Brc1ccc2c(c1)c1cc(Br)ccc1c1[nH]c(-c3ccccc3)cc21. The maximum absolute atomic E-state index is 3.65. The van der Waals surface area contributed by atoms with Crippen molar-refractivity contribution in [3.05, 3.63) is 81.7 Å². The fourth-order valence-corrected chi connectivity index (χ4v) is 4.31. The Balaban J connectivity index is 1.98. The zero-order chi connectivity index (χ0) is 17.0. The van der Waals surface area contributed by atoms with Gasteiger partial charge in [0.2, 0.25) is 0 Å². The summed E-state index contributed by atoms with van der Waals surface area (Å²) in [6.45, 7) is 0. The number of hydrogen-bond donors (Lipinski definition) is 1. The molecule has 5 aromatic rings. The van der Waals surface area contributed by atoms with Gasteiger partial charge in [-0.05, 0) is 52.1 Å². The number of rotatable bonds is 1. The third kappa shape index (κ3) is 2.42. The fraction of sp³-hybridized carbons (Fsp3) is 0. The Morgan fingerprint density at radius 3 is 1.92 bits per heavy atom. The highest BCUT2D eigenvalue weighted by atomic mass is 79.9. The Kier molecular flexibility index (Phi) is 3.47. The van der Waals surface area contributed by atoms with Gasteiger partial charge in [-0.1, -0.05) is 74.3 Å². The first-order chi connectivity index (χ1) is 12.2. The number of hydrogen-bond acceptors (Lipinski definition) is 0. The third-order valence-corrected chi connectivity index (χ3v) is 5.70. The molecule has 1 N–H and O–H groups in total. The first kappa shape index (κ1) is 15.2. The van der Waals surface area contributed by atoms with Gasteiger partial charge in [0.1, 0.15) is 0 Å². The van der Waals surface area contributed by atoms with E-state index in [1.807, 2.05) is 6.07 Å². The summed E-state index contributed by atoms with van der Waals surface area (Å²) in [5.41, 5.74) is 3.54. The van der Waals surface area contributed by atoms with Crippen LogP contribution in [0.15, 0.2) is 81.7 Å². The normalized spacial score (nSPS) is 11.6. The van der Waals surface area contributed by atoms with Crippen molar-refractivity contribution in [2.24, 2.45) is 0 Å². The van der Waals surface area contributed by atoms with Gasteiger partial charge in [0, 0.05) is 25.4 Å². The summed E-state index contributed by atoms with van der Waals surface area (Å²) in [4.78, 5) is 3.65. The van der Waals surface area contributed by atoms with Crippen LogP contribution in [0.4, 0.5) is 0 Å². The number of halogens is 2. The molecule has 1 nitrogen and oxygen atoms in total. The maximum atomic E-state index is 3.65. The molecule has 0 aliphatic rings. The molecule has 0 saturated carbocycles. The van der Waals surface area contributed by atoms with Crippen LogP contribution in [-0.4, -0.2) is 4.98 Å². The Labute approximate surface area is 161 Å². The van der Waals surface area contributed by atoms with E-state index in [9.17, 15) is 0 Å². The predicted octanol–water partition coefficient (Wildman–Crippen LogP) is 7.67. The molecule has 5 rings (SSSR count). The highest BCUT2D eigenvalue weighted by Gasteiger charge is 2.13. The molecule has 1 heterocycles. The molecule has 1 aromatic heterocycles. The lowest BCUT2D eigenvalue weighted by Crippen LogP contribution is -1.82. The zero-order valence-electron chi connectivity index (χ0n) is 13.2. The second-order valence-electron chi connectivity index (χ2n) is 6.22. The first-order valence-corrected chi connectivity index (χ1v) is 9.68. The summed E-state index contributed by atoms with van der Waals surface area (Å²) < 4.78 is 2.19. The molecular weight excluding hydrogens is 438 g/mol. The fourth-order valence-electron chi connectivity index (χ4n) is 3.58. The zero-order valence-corrected chi connectivity index (χ0v) is 16.4. The van der Waals surface area contributed by atoms with Gasteiger partial charge in [0.15, 0.2) is 0 Å². The third-order valence-electron chi connectivity index (χ3n) is 4.72. The smallest absolute Gasteiger partial charge is 0.0544 e. The van der Waals surface area contributed by atoms with Gasteiger partial charge < -0.3 is 4.98 Å². The topological polar surface area (TPSA) is 15.8 Å². The molecule has 0 spiro atoms. The van der Waals surface area contributed by atoms with E-state index < -0.39 is 0 Å². The van der Waals surface area contributed by atoms with Gasteiger partial charge in [-0.3, -0.25) is 0 Å². The number of H-pyrrole nitrogens is 1. The summed E-state index contributed by atoms with van der Waals surface area (Å²) in [6, 6.07) is 25.8. The van der Waals surface area contributed by atoms with Crippen molar-refractivity contribution in [3.63, 3.8) is 0 Å². The van der Waals surface area contributed by atoms with Crippen molar-refractivity contribution < 1.29 is 0 Å². The number of fused-ring (bicyclic) bond motifs is 6. The van der Waals surface area contributed by atoms with E-state index in [1.165, 1.54) is 38.0 Å². The van der Waals surface area contributed by atoms with E-state index in [1.54, 1.807) is 0 Å². The molecule has 25 heavy (non-hydrogen) atoms. The van der Waals surface area contributed by atoms with Crippen LogP contribution in [0.5, 0.6) is 0 Å². The van der Waals surface area contributed by atoms with Crippen LogP contribution in [-0.2, 0) is 0 Å². The molecule has 0 unspecified atom stereocenters. The lowest BCUT2D eigenvalue weighted by Gasteiger charge is -2.08. The molecule has 0 atom stereocenters. The summed E-state index contributed by atoms with van der Waals surface area (Å²) in [5.74, 6) is 0. The predicted molar refractivity (Wildman–Crippen MR) is 114 cm³/mol. The van der Waals surface area contributed by atoms with E-state index in [2.05, 4.69) is 104 Å². The van der Waals surface area contributed by atoms with Crippen LogP contribution in [0.25, 0.3) is 43.7 Å². The molecule has 0 amide bonds. The molecule has 0 bridgehead atoms. The summed E-state index contributed by atoms with van der Waals surface area (Å²) in [7, 11) is 0. The monoisotopic (exact) mass is 449 g/mol. The van der Waals surface area contributed by atoms with Gasteiger partial charge in [-0.25, -0.2) is 0 Å². The Morgan fingerprint density at radius 2 is 1.20 bits per heavy atom. The van der Waals surface area contributed by atoms with Crippen LogP contribution < -0.4 is 0 Å². The largest absolute Gasteiger partial charge is 0.354 e. The van der Waals surface area contributed by atoms with Gasteiger partial charge in [-0.15, -0.1) is 0 Å². The minimum absolute atomic E-state index is 1.09. The van der Waals surface area contributed by atoms with E-state index in [4.69, 9.17) is 0 Å². The number of nitrogens with one attached hydrogen (secondary N) is 1. The molecule has 0 aliphatic carbocycles. The molecule has 3 heteroatoms. The molecule has 4 aromatic carbocycles. The molecular formula is C22H13Br2N. The maximum Gasteiger partial charge on any atom is 0.0544 e. The molecule has 120 valence electrons. The summed E-state index contributed by atoms with van der Waals surface area (Å²) >= 11 is 7.24. The highest BCUT2D eigenvalue weighted by Crippen LogP contribution is 2.39. The minimum atomic E-state index is 1.09. The van der Waals surface area contributed by atoms with Crippen molar-refractivity contribution in [1.82, 2.24) is 4.98 Å². The standard InChI is InChI=1S/C22H13Br2N/c23-14-6-8-16-18(10-14)19-11-15(24)7-9-17(19)22-20(16)12-21(25-22)13-4-2-1-3-5-13/h1-12,25H. The van der Waals surface area contributed by atoms with Crippen LogP contribution in [0.3, 0.4) is 0 Å². The van der Waals surface area contributed by atoms with E-state index in [0.717, 1.165) is 14.6 Å². The van der Waals surface area contributed by atoms with Crippen molar-refractivity contribution in [2.45, 2.75) is 0 Å². The highest BCUT2D eigenvalue weighted by molar-refractivity contribution is 9.10. The van der Waals surface area contributed by atoms with Gasteiger partial charge in [-0.2, -0.15) is 0 Å². The van der Waals surface area contributed by atoms with Crippen molar-refractivity contribution in [2.75, 3.05) is 0 Å². The van der Waals surface area contributed by atoms with E-state index in [-0.39, 0.29) is 0 Å². The average molecular weight is 451 g/mol. The van der Waals surface area contributed by atoms with E-state index >= 15 is 0 Å². The second-order valence-corrected chi connectivity index (χ2v) is 8.05. The van der Waals surface area contributed by atoms with Crippen molar-refractivity contribution in [1.29, 1.82) is 0 Å². The molecule has 0 fully saturated rings. The van der Waals surface area contributed by atoms with Crippen LogP contribution in [0, 0.1) is 0 Å². The quantitative estimate of drug-likeness (QED) is 0.252. The number of aromatic amines is 1. The average Bonchev–Trinajstić information content (AvgIpc) is 3.08. The lowest BCUT2D eigenvalue weighted by atomic mass is 9.98. The molecule has 0 aliphatic heterocycles.